The van der Waals surface area contributed by atoms with Gasteiger partial charge in [0, 0.05) is 43.1 Å². The Morgan fingerprint density at radius 2 is 1.97 bits per heavy atom. The minimum Gasteiger partial charge on any atom is -0.462 e. The summed E-state index contributed by atoms with van der Waals surface area (Å²) in [6, 6.07) is 11.3. The van der Waals surface area contributed by atoms with E-state index < -0.39 is 0 Å². The number of carbonyl (C=O) groups is 1. The highest BCUT2D eigenvalue weighted by Crippen LogP contribution is 2.30. The number of benzene rings is 1. The van der Waals surface area contributed by atoms with Gasteiger partial charge < -0.3 is 9.64 Å². The van der Waals surface area contributed by atoms with Gasteiger partial charge in [0.05, 0.1) is 22.2 Å². The van der Waals surface area contributed by atoms with E-state index in [1.54, 1.807) is 6.20 Å². The van der Waals surface area contributed by atoms with Crippen LogP contribution in [-0.4, -0.2) is 35.1 Å². The zero-order valence-electron chi connectivity index (χ0n) is 15.6. The molecule has 150 valence electrons. The van der Waals surface area contributed by atoms with Gasteiger partial charge in [-0.05, 0) is 18.2 Å². The molecule has 3 aromatic rings. The third-order valence-electron chi connectivity index (χ3n) is 4.76. The summed E-state index contributed by atoms with van der Waals surface area (Å²) in [6.45, 7) is 1.58. The van der Waals surface area contributed by atoms with Gasteiger partial charge >= 0.3 is 5.97 Å². The van der Waals surface area contributed by atoms with Gasteiger partial charge in [0.25, 0.3) is 0 Å². The molecule has 0 spiro atoms. The predicted molar refractivity (Wildman–Crippen MR) is 117 cm³/mol. The van der Waals surface area contributed by atoms with Crippen LogP contribution in [0.2, 0.25) is 10.0 Å². The van der Waals surface area contributed by atoms with Crippen molar-refractivity contribution < 1.29 is 9.53 Å². The molecule has 0 saturated carbocycles. The highest BCUT2D eigenvalue weighted by molar-refractivity contribution is 7.13. The number of rotatable bonds is 5. The Kier molecular flexibility index (Phi) is 6.33. The number of thiazole rings is 1. The van der Waals surface area contributed by atoms with E-state index in [2.05, 4.69) is 14.9 Å². The first kappa shape index (κ1) is 20.1. The molecule has 1 aromatic carbocycles. The van der Waals surface area contributed by atoms with E-state index in [9.17, 15) is 4.79 Å². The average molecular weight is 448 g/mol. The van der Waals surface area contributed by atoms with Crippen molar-refractivity contribution >= 4 is 46.3 Å². The molecule has 5 nitrogen and oxygen atoms in total. The van der Waals surface area contributed by atoms with Crippen LogP contribution in [0.3, 0.4) is 0 Å². The largest absolute Gasteiger partial charge is 0.462 e. The molecule has 1 fully saturated rings. The van der Waals surface area contributed by atoms with Crippen LogP contribution in [0.1, 0.15) is 18.5 Å². The topological polar surface area (TPSA) is 55.3 Å². The number of anilines is 1. The minimum atomic E-state index is -0.246. The Morgan fingerprint density at radius 3 is 2.69 bits per heavy atom. The second-order valence-corrected chi connectivity index (χ2v) is 8.51. The summed E-state index contributed by atoms with van der Waals surface area (Å²) in [5.41, 5.74) is 1.58. The van der Waals surface area contributed by atoms with Crippen LogP contribution in [0.25, 0.3) is 10.6 Å². The van der Waals surface area contributed by atoms with Gasteiger partial charge in [0.1, 0.15) is 16.9 Å². The van der Waals surface area contributed by atoms with E-state index in [1.807, 2.05) is 41.8 Å². The molecule has 0 N–H and O–H groups in total. The molecular weight excluding hydrogens is 429 g/mol. The number of pyridine rings is 1. The quantitative estimate of drug-likeness (QED) is 0.498. The number of hydrogen-bond acceptors (Lipinski definition) is 6. The fraction of sp³-hybridized carbons (Fsp3) is 0.286. The lowest BCUT2D eigenvalue weighted by molar-refractivity contribution is -0.149. The minimum absolute atomic E-state index is 0.0762. The first-order valence-electron chi connectivity index (χ1n) is 9.34. The number of nitrogens with zero attached hydrogens (tertiary/aromatic N) is 3. The molecule has 8 heteroatoms. The summed E-state index contributed by atoms with van der Waals surface area (Å²) >= 11 is 13.6. The third-order valence-corrected chi connectivity index (χ3v) is 6.23. The van der Waals surface area contributed by atoms with Crippen molar-refractivity contribution in [1.29, 1.82) is 0 Å². The van der Waals surface area contributed by atoms with Crippen molar-refractivity contribution in [3.8, 4) is 10.6 Å². The molecule has 1 aliphatic heterocycles. The maximum absolute atomic E-state index is 12.4. The lowest BCUT2D eigenvalue weighted by Crippen LogP contribution is -2.38. The van der Waals surface area contributed by atoms with Crippen LogP contribution >= 0.6 is 34.5 Å². The van der Waals surface area contributed by atoms with Crippen LogP contribution in [-0.2, 0) is 16.0 Å². The van der Waals surface area contributed by atoms with Crippen molar-refractivity contribution in [2.24, 2.45) is 0 Å². The SMILES string of the molecule is O=C(Cc1csc(-c2ccccc2Cl)n1)OC1CCN(c2ccc(Cl)cn2)CC1. The van der Waals surface area contributed by atoms with Gasteiger partial charge in [-0.3, -0.25) is 4.79 Å². The highest BCUT2D eigenvalue weighted by Gasteiger charge is 2.23. The van der Waals surface area contributed by atoms with E-state index in [-0.39, 0.29) is 18.5 Å². The maximum atomic E-state index is 12.4. The van der Waals surface area contributed by atoms with Crippen LogP contribution < -0.4 is 4.90 Å². The Morgan fingerprint density at radius 1 is 1.17 bits per heavy atom. The van der Waals surface area contributed by atoms with Crippen molar-refractivity contribution in [2.45, 2.75) is 25.4 Å². The summed E-state index contributed by atoms with van der Waals surface area (Å²) in [5, 5.41) is 3.96. The molecule has 0 aliphatic carbocycles. The van der Waals surface area contributed by atoms with Gasteiger partial charge in [-0.1, -0.05) is 41.4 Å². The third kappa shape index (κ3) is 5.07. The van der Waals surface area contributed by atoms with Crippen LogP contribution in [0.4, 0.5) is 5.82 Å². The predicted octanol–water partition coefficient (Wildman–Crippen LogP) is 5.27. The molecule has 0 bridgehead atoms. The molecule has 3 heterocycles. The first-order chi connectivity index (χ1) is 14.1. The number of carbonyl (C=O) groups excluding carboxylic acids is 1. The van der Waals surface area contributed by atoms with E-state index in [0.29, 0.717) is 15.7 Å². The zero-order chi connectivity index (χ0) is 20.2. The molecule has 29 heavy (non-hydrogen) atoms. The molecule has 0 atom stereocenters. The van der Waals surface area contributed by atoms with E-state index >= 15 is 0 Å². The van der Waals surface area contributed by atoms with Gasteiger partial charge in [-0.15, -0.1) is 11.3 Å². The molecular formula is C21H19Cl2N3O2S. The van der Waals surface area contributed by atoms with Gasteiger partial charge in [-0.2, -0.15) is 0 Å². The monoisotopic (exact) mass is 447 g/mol. The molecule has 0 amide bonds. The Hall–Kier alpha value is -2.15. The second-order valence-electron chi connectivity index (χ2n) is 6.81. The summed E-state index contributed by atoms with van der Waals surface area (Å²) in [5.74, 6) is 0.651. The Balaban J connectivity index is 1.29. The Labute approximate surface area is 183 Å². The standard InChI is InChI=1S/C21H19Cl2N3O2S/c22-14-5-6-19(24-12-14)26-9-7-16(8-10-26)28-20(27)11-15-13-29-21(25-15)17-3-1-2-4-18(17)23/h1-6,12-13,16H,7-11H2. The van der Waals surface area contributed by atoms with E-state index in [0.717, 1.165) is 42.3 Å². The smallest absolute Gasteiger partial charge is 0.312 e. The fourth-order valence-corrected chi connectivity index (χ4v) is 4.53. The number of halogens is 2. The lowest BCUT2D eigenvalue weighted by Gasteiger charge is -2.32. The highest BCUT2D eigenvalue weighted by atomic mass is 35.5. The van der Waals surface area contributed by atoms with E-state index in [1.165, 1.54) is 11.3 Å². The summed E-state index contributed by atoms with van der Waals surface area (Å²) < 4.78 is 5.67. The van der Waals surface area contributed by atoms with Gasteiger partial charge in [-0.25, -0.2) is 9.97 Å². The summed E-state index contributed by atoms with van der Waals surface area (Å²) in [6.07, 6.45) is 3.29. The summed E-state index contributed by atoms with van der Waals surface area (Å²) in [4.78, 5) is 23.4. The van der Waals surface area contributed by atoms with Crippen molar-refractivity contribution in [3.63, 3.8) is 0 Å². The van der Waals surface area contributed by atoms with Gasteiger partial charge in [0.15, 0.2) is 0 Å². The fourth-order valence-electron chi connectivity index (χ4n) is 3.28. The van der Waals surface area contributed by atoms with Crippen molar-refractivity contribution in [3.05, 3.63) is 63.7 Å². The molecule has 1 saturated heterocycles. The normalized spacial score (nSPS) is 14.8. The molecule has 2 aromatic heterocycles. The molecule has 4 rings (SSSR count). The van der Waals surface area contributed by atoms with Gasteiger partial charge in [0.2, 0.25) is 0 Å². The molecule has 1 aliphatic rings. The number of hydrogen-bond donors (Lipinski definition) is 0. The van der Waals surface area contributed by atoms with E-state index in [4.69, 9.17) is 27.9 Å². The molecule has 0 unspecified atom stereocenters. The number of ether oxygens (including phenoxy) is 1. The van der Waals surface area contributed by atoms with Crippen LogP contribution in [0, 0.1) is 0 Å². The van der Waals surface area contributed by atoms with Crippen molar-refractivity contribution in [2.75, 3.05) is 18.0 Å². The maximum Gasteiger partial charge on any atom is 0.312 e. The lowest BCUT2D eigenvalue weighted by atomic mass is 10.1. The number of aromatic nitrogens is 2. The first-order valence-corrected chi connectivity index (χ1v) is 11.0. The van der Waals surface area contributed by atoms with Crippen molar-refractivity contribution in [1.82, 2.24) is 9.97 Å². The Bertz CT molecular complexity index is 986. The molecule has 0 radical (unpaired) electrons. The van der Waals surface area contributed by atoms with Crippen LogP contribution in [0.15, 0.2) is 48.0 Å². The summed E-state index contributed by atoms with van der Waals surface area (Å²) in [7, 11) is 0. The van der Waals surface area contributed by atoms with Crippen LogP contribution in [0.5, 0.6) is 0 Å². The number of esters is 1. The average Bonchev–Trinajstić information content (AvgIpc) is 3.17. The second kappa shape index (κ2) is 9.11. The zero-order valence-corrected chi connectivity index (χ0v) is 17.9. The number of piperidine rings is 1.